The molecule has 1 unspecified atom stereocenters. The second-order valence-corrected chi connectivity index (χ2v) is 5.36. The summed E-state index contributed by atoms with van der Waals surface area (Å²) in [5.74, 6) is 0. The van der Waals surface area contributed by atoms with Gasteiger partial charge in [0.15, 0.2) is 6.29 Å². The molecular formula is C14H24O3. The fraction of sp³-hybridized carbons (Fsp3) is 0.857. The zero-order chi connectivity index (χ0) is 12.3. The van der Waals surface area contributed by atoms with E-state index in [4.69, 9.17) is 9.47 Å². The average molecular weight is 240 g/mol. The van der Waals surface area contributed by atoms with Crippen molar-refractivity contribution in [2.24, 2.45) is 0 Å². The van der Waals surface area contributed by atoms with Gasteiger partial charge in [-0.05, 0) is 45.1 Å². The van der Waals surface area contributed by atoms with Crippen LogP contribution in [0.2, 0.25) is 0 Å². The summed E-state index contributed by atoms with van der Waals surface area (Å²) in [6, 6.07) is 0. The number of hydrogen-bond acceptors (Lipinski definition) is 3. The first-order chi connectivity index (χ1) is 8.15. The highest BCUT2D eigenvalue weighted by atomic mass is 16.7. The fourth-order valence-corrected chi connectivity index (χ4v) is 2.68. The number of allylic oxidation sites excluding steroid dienone is 1. The van der Waals surface area contributed by atoms with Gasteiger partial charge in [-0.15, -0.1) is 0 Å². The minimum Gasteiger partial charge on any atom is -0.393 e. The molecule has 3 nitrogen and oxygen atoms in total. The molecule has 0 saturated carbocycles. The molecule has 0 radical (unpaired) electrons. The van der Waals surface area contributed by atoms with Crippen LogP contribution in [-0.2, 0) is 9.47 Å². The third-order valence-electron chi connectivity index (χ3n) is 3.66. The van der Waals surface area contributed by atoms with Gasteiger partial charge in [-0.3, -0.25) is 0 Å². The Balaban J connectivity index is 1.90. The fourth-order valence-electron chi connectivity index (χ4n) is 2.68. The lowest BCUT2D eigenvalue weighted by Gasteiger charge is -2.33. The van der Waals surface area contributed by atoms with Crippen LogP contribution in [-0.4, -0.2) is 29.7 Å². The van der Waals surface area contributed by atoms with Crippen LogP contribution >= 0.6 is 0 Å². The van der Waals surface area contributed by atoms with E-state index < -0.39 is 0 Å². The first-order valence-electron chi connectivity index (χ1n) is 6.81. The maximum Gasteiger partial charge on any atom is 0.161 e. The van der Waals surface area contributed by atoms with E-state index in [0.717, 1.165) is 19.3 Å². The van der Waals surface area contributed by atoms with E-state index in [0.29, 0.717) is 6.42 Å². The summed E-state index contributed by atoms with van der Waals surface area (Å²) in [6.45, 7) is 4.13. The topological polar surface area (TPSA) is 38.7 Å². The maximum absolute atomic E-state index is 9.73. The lowest BCUT2D eigenvalue weighted by molar-refractivity contribution is -0.224. The van der Waals surface area contributed by atoms with Crippen LogP contribution in [0.15, 0.2) is 11.6 Å². The Morgan fingerprint density at radius 2 is 2.18 bits per heavy atom. The summed E-state index contributed by atoms with van der Waals surface area (Å²) >= 11 is 0. The second-order valence-electron chi connectivity index (χ2n) is 5.36. The van der Waals surface area contributed by atoms with Crippen molar-refractivity contribution < 1.29 is 14.6 Å². The lowest BCUT2D eigenvalue weighted by Crippen LogP contribution is -2.38. The zero-order valence-corrected chi connectivity index (χ0v) is 10.9. The summed E-state index contributed by atoms with van der Waals surface area (Å²) in [4.78, 5) is 0. The second kappa shape index (κ2) is 5.98. The molecular weight excluding hydrogens is 216 g/mol. The van der Waals surface area contributed by atoms with Gasteiger partial charge in [0.2, 0.25) is 0 Å². The van der Waals surface area contributed by atoms with Crippen molar-refractivity contribution in [2.45, 2.75) is 77.0 Å². The van der Waals surface area contributed by atoms with E-state index in [-0.39, 0.29) is 24.6 Å². The molecule has 0 aromatic carbocycles. The summed E-state index contributed by atoms with van der Waals surface area (Å²) in [5, 5.41) is 9.73. The molecule has 0 spiro atoms. The highest BCUT2D eigenvalue weighted by molar-refractivity contribution is 5.06. The Kier molecular flexibility index (Phi) is 4.60. The van der Waals surface area contributed by atoms with Crippen LogP contribution in [0.5, 0.6) is 0 Å². The SMILES string of the molecule is CC1=CCCCCC1O[C@H]1C[C@@H](O)C[C@@H](C)O1. The van der Waals surface area contributed by atoms with Crippen molar-refractivity contribution in [3.05, 3.63) is 11.6 Å². The van der Waals surface area contributed by atoms with Crippen LogP contribution in [0.3, 0.4) is 0 Å². The van der Waals surface area contributed by atoms with Gasteiger partial charge in [0.05, 0.1) is 18.3 Å². The monoisotopic (exact) mass is 240 g/mol. The van der Waals surface area contributed by atoms with Crippen LogP contribution < -0.4 is 0 Å². The number of aliphatic hydroxyl groups is 1. The molecule has 0 aromatic rings. The molecule has 2 rings (SSSR count). The van der Waals surface area contributed by atoms with E-state index in [1.54, 1.807) is 0 Å². The summed E-state index contributed by atoms with van der Waals surface area (Å²) < 4.78 is 11.8. The van der Waals surface area contributed by atoms with Crippen LogP contribution in [0.1, 0.15) is 52.4 Å². The van der Waals surface area contributed by atoms with Crippen molar-refractivity contribution >= 4 is 0 Å². The minimum atomic E-state index is -0.279. The lowest BCUT2D eigenvalue weighted by atomic mass is 10.1. The minimum absolute atomic E-state index is 0.0961. The molecule has 0 aromatic heterocycles. The van der Waals surface area contributed by atoms with Crippen LogP contribution in [0, 0.1) is 0 Å². The highest BCUT2D eigenvalue weighted by Gasteiger charge is 2.29. The molecule has 1 saturated heterocycles. The standard InChI is InChI=1S/C14H24O3/c1-10-6-4-3-5-7-13(10)17-14-9-12(15)8-11(2)16-14/h6,11-15H,3-5,7-9H2,1-2H3/t11-,12+,13?,14+/m1/s1. The number of aliphatic hydroxyl groups excluding tert-OH is 1. The molecule has 1 aliphatic carbocycles. The Morgan fingerprint density at radius 1 is 1.35 bits per heavy atom. The molecule has 2 aliphatic rings. The van der Waals surface area contributed by atoms with Gasteiger partial charge in [0, 0.05) is 6.42 Å². The first-order valence-corrected chi connectivity index (χ1v) is 6.81. The van der Waals surface area contributed by atoms with Crippen LogP contribution in [0.25, 0.3) is 0 Å². The van der Waals surface area contributed by atoms with E-state index in [1.165, 1.54) is 18.4 Å². The third kappa shape index (κ3) is 3.80. The number of hydrogen-bond donors (Lipinski definition) is 1. The van der Waals surface area contributed by atoms with Crippen molar-refractivity contribution in [1.82, 2.24) is 0 Å². The Bertz CT molecular complexity index is 265. The summed E-state index contributed by atoms with van der Waals surface area (Å²) in [6.07, 6.45) is 8.07. The number of rotatable bonds is 2. The van der Waals surface area contributed by atoms with Gasteiger partial charge < -0.3 is 14.6 Å². The van der Waals surface area contributed by atoms with E-state index in [9.17, 15) is 5.11 Å². The molecule has 1 N–H and O–H groups in total. The quantitative estimate of drug-likeness (QED) is 0.754. The maximum atomic E-state index is 9.73. The third-order valence-corrected chi connectivity index (χ3v) is 3.66. The summed E-state index contributed by atoms with van der Waals surface area (Å²) in [5.41, 5.74) is 1.32. The van der Waals surface area contributed by atoms with Gasteiger partial charge in [-0.25, -0.2) is 0 Å². The predicted octanol–water partition coefficient (Wildman–Crippen LogP) is 2.78. The molecule has 0 bridgehead atoms. The van der Waals surface area contributed by atoms with E-state index in [1.807, 2.05) is 6.92 Å². The van der Waals surface area contributed by atoms with Crippen molar-refractivity contribution in [2.75, 3.05) is 0 Å². The smallest absolute Gasteiger partial charge is 0.161 e. The molecule has 4 atom stereocenters. The first kappa shape index (κ1) is 13.1. The van der Waals surface area contributed by atoms with Gasteiger partial charge in [0.1, 0.15) is 0 Å². The van der Waals surface area contributed by atoms with Gasteiger partial charge >= 0.3 is 0 Å². The predicted molar refractivity (Wildman–Crippen MR) is 66.7 cm³/mol. The molecule has 98 valence electrons. The van der Waals surface area contributed by atoms with Gasteiger partial charge in [-0.1, -0.05) is 12.5 Å². The van der Waals surface area contributed by atoms with Gasteiger partial charge in [-0.2, -0.15) is 0 Å². The van der Waals surface area contributed by atoms with Crippen molar-refractivity contribution in [3.8, 4) is 0 Å². The molecule has 3 heteroatoms. The molecule has 1 heterocycles. The van der Waals surface area contributed by atoms with Crippen molar-refractivity contribution in [3.63, 3.8) is 0 Å². The largest absolute Gasteiger partial charge is 0.393 e. The molecule has 1 aliphatic heterocycles. The van der Waals surface area contributed by atoms with Crippen molar-refractivity contribution in [1.29, 1.82) is 0 Å². The molecule has 1 fully saturated rings. The zero-order valence-electron chi connectivity index (χ0n) is 10.9. The highest BCUT2D eigenvalue weighted by Crippen LogP contribution is 2.26. The Labute approximate surface area is 104 Å². The molecule has 0 amide bonds. The summed E-state index contributed by atoms with van der Waals surface area (Å²) in [7, 11) is 0. The Morgan fingerprint density at radius 3 is 2.94 bits per heavy atom. The molecule has 17 heavy (non-hydrogen) atoms. The average Bonchev–Trinajstić information content (AvgIpc) is 2.43. The Hall–Kier alpha value is -0.380. The van der Waals surface area contributed by atoms with E-state index >= 15 is 0 Å². The van der Waals surface area contributed by atoms with Gasteiger partial charge in [0.25, 0.3) is 0 Å². The van der Waals surface area contributed by atoms with Crippen LogP contribution in [0.4, 0.5) is 0 Å². The number of ether oxygens (including phenoxy) is 2. The normalized spacial score (nSPS) is 39.6. The van der Waals surface area contributed by atoms with E-state index in [2.05, 4.69) is 13.0 Å².